The molecule has 0 radical (unpaired) electrons. The van der Waals surface area contributed by atoms with Gasteiger partial charge in [-0.15, -0.1) is 0 Å². The zero-order chi connectivity index (χ0) is 14.8. The van der Waals surface area contributed by atoms with Gasteiger partial charge in [0.1, 0.15) is 5.75 Å². The number of nitrogens with zero attached hydrogens (tertiary/aromatic N) is 1. The molecule has 1 atom stereocenters. The molecule has 0 saturated heterocycles. The molecule has 0 spiro atoms. The summed E-state index contributed by atoms with van der Waals surface area (Å²) < 4.78 is 10.7. The number of methoxy groups -OCH3 is 2. The van der Waals surface area contributed by atoms with Crippen LogP contribution in [0.15, 0.2) is 41.4 Å². The highest BCUT2D eigenvalue weighted by molar-refractivity contribution is 5.85. The predicted molar refractivity (Wildman–Crippen MR) is 82.0 cm³/mol. The molecule has 1 unspecified atom stereocenters. The van der Waals surface area contributed by atoms with Crippen molar-refractivity contribution in [3.8, 4) is 17.2 Å². The number of phenols is 1. The van der Waals surface area contributed by atoms with Crippen LogP contribution in [0.1, 0.15) is 22.6 Å². The van der Waals surface area contributed by atoms with Gasteiger partial charge in [-0.3, -0.25) is 4.99 Å². The van der Waals surface area contributed by atoms with E-state index < -0.39 is 0 Å². The van der Waals surface area contributed by atoms with E-state index in [9.17, 15) is 5.11 Å². The second kappa shape index (κ2) is 5.48. The lowest BCUT2D eigenvalue weighted by Gasteiger charge is -2.23. The van der Waals surface area contributed by atoms with Crippen LogP contribution in [0.25, 0.3) is 0 Å². The lowest BCUT2D eigenvalue weighted by molar-refractivity contribution is 0.354. The number of rotatable bonds is 3. The Morgan fingerprint density at radius 1 is 1.05 bits per heavy atom. The molecule has 0 amide bonds. The number of aliphatic imine (C=N–C) groups is 1. The first-order valence-corrected chi connectivity index (χ1v) is 6.77. The molecule has 3 rings (SSSR count). The largest absolute Gasteiger partial charge is 0.508 e. The number of phenolic OH excluding ortho intramolecular Hbond substituents is 1. The smallest absolute Gasteiger partial charge is 0.161 e. The Balaban J connectivity index is 2.08. The molecule has 4 nitrogen and oxygen atoms in total. The van der Waals surface area contributed by atoms with Crippen molar-refractivity contribution in [2.45, 2.75) is 5.92 Å². The normalized spacial score (nSPS) is 16.4. The maximum absolute atomic E-state index is 9.43. The summed E-state index contributed by atoms with van der Waals surface area (Å²) in [6, 6.07) is 11.2. The first kappa shape index (κ1) is 13.5. The van der Waals surface area contributed by atoms with Crippen LogP contribution < -0.4 is 9.47 Å². The molecule has 0 saturated carbocycles. The van der Waals surface area contributed by atoms with E-state index >= 15 is 0 Å². The molecule has 2 aromatic carbocycles. The average Bonchev–Trinajstić information content (AvgIpc) is 2.53. The van der Waals surface area contributed by atoms with Crippen LogP contribution in [0.2, 0.25) is 0 Å². The first-order valence-electron chi connectivity index (χ1n) is 6.77. The van der Waals surface area contributed by atoms with E-state index in [4.69, 9.17) is 9.47 Å². The lowest BCUT2D eigenvalue weighted by atomic mass is 9.86. The minimum atomic E-state index is 0.158. The number of hydrogen-bond acceptors (Lipinski definition) is 4. The second-order valence-corrected chi connectivity index (χ2v) is 4.97. The van der Waals surface area contributed by atoms with Gasteiger partial charge in [0.2, 0.25) is 0 Å². The van der Waals surface area contributed by atoms with Gasteiger partial charge in [0.25, 0.3) is 0 Å². The van der Waals surface area contributed by atoms with Gasteiger partial charge in [-0.05, 0) is 35.4 Å². The first-order chi connectivity index (χ1) is 10.2. The summed E-state index contributed by atoms with van der Waals surface area (Å²) in [6.45, 7) is 0.688. The summed E-state index contributed by atoms with van der Waals surface area (Å²) in [7, 11) is 3.26. The number of benzene rings is 2. The van der Waals surface area contributed by atoms with Gasteiger partial charge in [0, 0.05) is 24.2 Å². The third kappa shape index (κ3) is 2.44. The lowest BCUT2D eigenvalue weighted by Crippen LogP contribution is -2.13. The van der Waals surface area contributed by atoms with Crippen LogP contribution in [-0.4, -0.2) is 32.1 Å². The second-order valence-electron chi connectivity index (χ2n) is 4.97. The number of ether oxygens (including phenoxy) is 2. The Hall–Kier alpha value is -2.49. The molecular formula is C17H17NO3. The highest BCUT2D eigenvalue weighted by Crippen LogP contribution is 2.37. The highest BCUT2D eigenvalue weighted by Gasteiger charge is 2.22. The van der Waals surface area contributed by atoms with E-state index in [2.05, 4.69) is 4.99 Å². The van der Waals surface area contributed by atoms with Crippen molar-refractivity contribution in [1.82, 2.24) is 0 Å². The van der Waals surface area contributed by atoms with Crippen LogP contribution in [0.5, 0.6) is 17.2 Å². The molecule has 1 aliphatic rings. The van der Waals surface area contributed by atoms with Gasteiger partial charge in [-0.1, -0.05) is 12.1 Å². The number of aromatic hydroxyl groups is 1. The molecule has 108 valence electrons. The summed E-state index contributed by atoms with van der Waals surface area (Å²) in [5, 5.41) is 9.43. The van der Waals surface area contributed by atoms with Crippen LogP contribution in [-0.2, 0) is 0 Å². The van der Waals surface area contributed by atoms with E-state index in [1.165, 1.54) is 0 Å². The average molecular weight is 283 g/mol. The van der Waals surface area contributed by atoms with Crippen molar-refractivity contribution in [3.63, 3.8) is 0 Å². The molecule has 1 aliphatic heterocycles. The van der Waals surface area contributed by atoms with Gasteiger partial charge in [-0.2, -0.15) is 0 Å². The zero-order valence-corrected chi connectivity index (χ0v) is 12.0. The van der Waals surface area contributed by atoms with E-state index in [-0.39, 0.29) is 11.7 Å². The van der Waals surface area contributed by atoms with Crippen molar-refractivity contribution in [3.05, 3.63) is 53.1 Å². The molecule has 0 aromatic heterocycles. The SMILES string of the molecule is COc1cc2c(cc1OC)C(c1ccc(O)cc1)CN=C2. The van der Waals surface area contributed by atoms with Crippen molar-refractivity contribution < 1.29 is 14.6 Å². The van der Waals surface area contributed by atoms with Crippen molar-refractivity contribution in [2.24, 2.45) is 4.99 Å². The van der Waals surface area contributed by atoms with Crippen molar-refractivity contribution >= 4 is 6.21 Å². The van der Waals surface area contributed by atoms with Crippen LogP contribution in [0.4, 0.5) is 0 Å². The molecule has 0 fully saturated rings. The predicted octanol–water partition coefficient (Wildman–Crippen LogP) is 2.97. The van der Waals surface area contributed by atoms with Gasteiger partial charge < -0.3 is 14.6 Å². The molecule has 0 bridgehead atoms. The van der Waals surface area contributed by atoms with Crippen molar-refractivity contribution in [2.75, 3.05) is 20.8 Å². The third-order valence-electron chi connectivity index (χ3n) is 3.78. The third-order valence-corrected chi connectivity index (χ3v) is 3.78. The maximum Gasteiger partial charge on any atom is 0.161 e. The fraction of sp³-hybridized carbons (Fsp3) is 0.235. The summed E-state index contributed by atoms with van der Waals surface area (Å²) in [5.74, 6) is 1.85. The summed E-state index contributed by atoms with van der Waals surface area (Å²) in [5.41, 5.74) is 3.32. The van der Waals surface area contributed by atoms with Gasteiger partial charge in [0.05, 0.1) is 14.2 Å². The van der Waals surface area contributed by atoms with Crippen LogP contribution >= 0.6 is 0 Å². The fourth-order valence-electron chi connectivity index (χ4n) is 2.67. The Morgan fingerprint density at radius 2 is 1.71 bits per heavy atom. The quantitative estimate of drug-likeness (QED) is 0.942. The van der Waals surface area contributed by atoms with Gasteiger partial charge in [0.15, 0.2) is 11.5 Å². The topological polar surface area (TPSA) is 51.0 Å². The van der Waals surface area contributed by atoms with E-state index in [1.54, 1.807) is 26.4 Å². The van der Waals surface area contributed by atoms with E-state index in [0.29, 0.717) is 12.3 Å². The molecule has 1 N–H and O–H groups in total. The standard InChI is InChI=1S/C17H17NO3/c1-20-16-7-12-9-18-10-15(14(12)8-17(16)21-2)11-3-5-13(19)6-4-11/h3-9,15,19H,10H2,1-2H3. The van der Waals surface area contributed by atoms with Crippen LogP contribution in [0, 0.1) is 0 Å². The number of hydrogen-bond donors (Lipinski definition) is 1. The van der Waals surface area contributed by atoms with E-state index in [1.807, 2.05) is 30.5 Å². The summed E-state index contributed by atoms with van der Waals surface area (Å²) in [6.07, 6.45) is 1.87. The molecular weight excluding hydrogens is 266 g/mol. The summed E-state index contributed by atoms with van der Waals surface area (Å²) in [4.78, 5) is 4.45. The molecule has 0 aliphatic carbocycles. The van der Waals surface area contributed by atoms with Gasteiger partial charge in [-0.25, -0.2) is 0 Å². The minimum Gasteiger partial charge on any atom is -0.508 e. The Labute approximate surface area is 123 Å². The number of fused-ring (bicyclic) bond motifs is 1. The maximum atomic E-state index is 9.43. The monoisotopic (exact) mass is 283 g/mol. The Kier molecular flexibility index (Phi) is 3.52. The molecule has 2 aromatic rings. The summed E-state index contributed by atoms with van der Waals surface area (Å²) >= 11 is 0. The van der Waals surface area contributed by atoms with E-state index in [0.717, 1.165) is 22.4 Å². The molecule has 21 heavy (non-hydrogen) atoms. The minimum absolute atomic E-state index is 0.158. The van der Waals surface area contributed by atoms with Gasteiger partial charge >= 0.3 is 0 Å². The highest BCUT2D eigenvalue weighted by atomic mass is 16.5. The van der Waals surface area contributed by atoms with Crippen molar-refractivity contribution in [1.29, 1.82) is 0 Å². The zero-order valence-electron chi connectivity index (χ0n) is 12.0. The van der Waals surface area contributed by atoms with Crippen LogP contribution in [0.3, 0.4) is 0 Å². The molecule has 4 heteroatoms. The Bertz CT molecular complexity index is 677. The Morgan fingerprint density at radius 3 is 2.38 bits per heavy atom. The molecule has 1 heterocycles. The fourth-order valence-corrected chi connectivity index (χ4v) is 2.67.